The molecule has 0 aromatic rings. The van der Waals surface area contributed by atoms with Crippen LogP contribution < -0.4 is 0 Å². The predicted molar refractivity (Wildman–Crippen MR) is 58.7 cm³/mol. The fourth-order valence-electron chi connectivity index (χ4n) is 3.10. The SMILES string of the molecule is O=C(C1CCCC(F)C1)C1CCCCC1F. The van der Waals surface area contributed by atoms with Gasteiger partial charge in [0.15, 0.2) is 0 Å². The maximum atomic E-state index is 13.6. The fraction of sp³-hybridized carbons (Fsp3) is 0.923. The van der Waals surface area contributed by atoms with Crippen molar-refractivity contribution >= 4 is 5.78 Å². The number of Topliss-reactive ketones (excluding diaryl/α,β-unsaturated/α-hetero) is 1. The Kier molecular flexibility index (Phi) is 3.93. The maximum Gasteiger partial charge on any atom is 0.142 e. The minimum Gasteiger partial charge on any atom is -0.299 e. The molecule has 0 aliphatic heterocycles. The topological polar surface area (TPSA) is 17.1 Å². The summed E-state index contributed by atoms with van der Waals surface area (Å²) in [4.78, 5) is 12.1. The van der Waals surface area contributed by atoms with Crippen LogP contribution in [0, 0.1) is 11.8 Å². The van der Waals surface area contributed by atoms with Crippen molar-refractivity contribution in [2.24, 2.45) is 11.8 Å². The van der Waals surface area contributed by atoms with Crippen LogP contribution >= 0.6 is 0 Å². The van der Waals surface area contributed by atoms with Crippen LogP contribution in [0.5, 0.6) is 0 Å². The van der Waals surface area contributed by atoms with Crippen molar-refractivity contribution < 1.29 is 13.6 Å². The van der Waals surface area contributed by atoms with E-state index in [1.54, 1.807) is 0 Å². The first-order chi connectivity index (χ1) is 7.68. The number of rotatable bonds is 2. The van der Waals surface area contributed by atoms with Crippen LogP contribution in [-0.4, -0.2) is 18.1 Å². The van der Waals surface area contributed by atoms with Gasteiger partial charge in [0.1, 0.15) is 18.1 Å². The second kappa shape index (κ2) is 5.24. The molecule has 0 radical (unpaired) electrons. The van der Waals surface area contributed by atoms with E-state index in [0.29, 0.717) is 25.7 Å². The van der Waals surface area contributed by atoms with Gasteiger partial charge in [-0.25, -0.2) is 8.78 Å². The molecule has 2 saturated carbocycles. The van der Waals surface area contributed by atoms with Crippen LogP contribution in [0.4, 0.5) is 8.78 Å². The van der Waals surface area contributed by atoms with E-state index in [1.165, 1.54) is 0 Å². The Hall–Kier alpha value is -0.470. The van der Waals surface area contributed by atoms with Crippen LogP contribution in [-0.2, 0) is 4.79 Å². The van der Waals surface area contributed by atoms with E-state index >= 15 is 0 Å². The second-order valence-corrected chi connectivity index (χ2v) is 5.27. The molecule has 2 fully saturated rings. The van der Waals surface area contributed by atoms with E-state index in [2.05, 4.69) is 0 Å². The molecule has 4 unspecified atom stereocenters. The summed E-state index contributed by atoms with van der Waals surface area (Å²) < 4.78 is 26.8. The van der Waals surface area contributed by atoms with E-state index in [4.69, 9.17) is 0 Å². The van der Waals surface area contributed by atoms with E-state index in [1.807, 2.05) is 0 Å². The summed E-state index contributed by atoms with van der Waals surface area (Å²) in [6.45, 7) is 0. The molecule has 2 rings (SSSR count). The van der Waals surface area contributed by atoms with Crippen molar-refractivity contribution in [3.63, 3.8) is 0 Å². The molecule has 0 saturated heterocycles. The number of carbonyl (C=O) groups excluding carboxylic acids is 1. The molecule has 0 amide bonds. The second-order valence-electron chi connectivity index (χ2n) is 5.27. The van der Waals surface area contributed by atoms with Gasteiger partial charge in [0.2, 0.25) is 0 Å². The van der Waals surface area contributed by atoms with Crippen molar-refractivity contribution in [1.82, 2.24) is 0 Å². The fourth-order valence-corrected chi connectivity index (χ4v) is 3.10. The minimum atomic E-state index is -0.971. The zero-order valence-corrected chi connectivity index (χ0v) is 9.63. The Bertz CT molecular complexity index is 254. The molecule has 0 aromatic heterocycles. The summed E-state index contributed by atoms with van der Waals surface area (Å²) in [5, 5.41) is 0. The standard InChI is InChI=1S/C13H20F2O/c14-10-5-3-4-9(8-10)13(16)11-6-1-2-7-12(11)15/h9-12H,1-8H2. The number of ketones is 1. The quantitative estimate of drug-likeness (QED) is 0.708. The number of hydrogen-bond acceptors (Lipinski definition) is 1. The summed E-state index contributed by atoms with van der Waals surface area (Å²) in [7, 11) is 0. The monoisotopic (exact) mass is 230 g/mol. The smallest absolute Gasteiger partial charge is 0.142 e. The Balaban J connectivity index is 1.94. The summed E-state index contributed by atoms with van der Waals surface area (Å²) >= 11 is 0. The summed E-state index contributed by atoms with van der Waals surface area (Å²) in [6, 6.07) is 0. The molecular weight excluding hydrogens is 210 g/mol. The van der Waals surface area contributed by atoms with Gasteiger partial charge in [-0.1, -0.05) is 12.8 Å². The lowest BCUT2D eigenvalue weighted by Crippen LogP contribution is -2.35. The lowest BCUT2D eigenvalue weighted by atomic mass is 9.75. The molecule has 2 aliphatic rings. The van der Waals surface area contributed by atoms with Crippen LogP contribution in [0.3, 0.4) is 0 Å². The molecule has 4 atom stereocenters. The largest absolute Gasteiger partial charge is 0.299 e. The molecule has 0 spiro atoms. The predicted octanol–water partition coefficient (Wildman–Crippen LogP) is 3.61. The van der Waals surface area contributed by atoms with Crippen molar-refractivity contribution in [2.45, 2.75) is 63.7 Å². The Morgan fingerprint density at radius 1 is 0.938 bits per heavy atom. The molecule has 2 aliphatic carbocycles. The van der Waals surface area contributed by atoms with Crippen molar-refractivity contribution in [1.29, 1.82) is 0 Å². The van der Waals surface area contributed by atoms with E-state index < -0.39 is 18.3 Å². The highest BCUT2D eigenvalue weighted by Gasteiger charge is 2.36. The molecule has 92 valence electrons. The van der Waals surface area contributed by atoms with Crippen LogP contribution in [0.1, 0.15) is 51.4 Å². The minimum absolute atomic E-state index is 0.00884. The lowest BCUT2D eigenvalue weighted by molar-refractivity contribution is -0.131. The molecule has 0 heterocycles. The van der Waals surface area contributed by atoms with Gasteiger partial charge in [-0.2, -0.15) is 0 Å². The number of hydrogen-bond donors (Lipinski definition) is 0. The van der Waals surface area contributed by atoms with E-state index in [0.717, 1.165) is 25.7 Å². The molecule has 3 heteroatoms. The maximum absolute atomic E-state index is 13.6. The van der Waals surface area contributed by atoms with Gasteiger partial charge in [-0.3, -0.25) is 4.79 Å². The highest BCUT2D eigenvalue weighted by molar-refractivity contribution is 5.84. The van der Waals surface area contributed by atoms with Crippen molar-refractivity contribution in [3.8, 4) is 0 Å². The van der Waals surface area contributed by atoms with Crippen molar-refractivity contribution in [3.05, 3.63) is 0 Å². The molecule has 0 aromatic carbocycles. The lowest BCUT2D eigenvalue weighted by Gasteiger charge is -2.30. The summed E-state index contributed by atoms with van der Waals surface area (Å²) in [5.41, 5.74) is 0. The van der Waals surface area contributed by atoms with E-state index in [9.17, 15) is 13.6 Å². The molecular formula is C13H20F2O. The van der Waals surface area contributed by atoms with Gasteiger partial charge >= 0.3 is 0 Å². The molecule has 16 heavy (non-hydrogen) atoms. The number of halogens is 2. The average Bonchev–Trinajstić information content (AvgIpc) is 2.29. The third-order valence-electron chi connectivity index (χ3n) is 4.06. The summed E-state index contributed by atoms with van der Waals surface area (Å²) in [5.74, 6) is -0.622. The Labute approximate surface area is 95.6 Å². The van der Waals surface area contributed by atoms with Gasteiger partial charge in [0.25, 0.3) is 0 Å². The highest BCUT2D eigenvalue weighted by Crippen LogP contribution is 2.34. The normalized spacial score (nSPS) is 40.6. The van der Waals surface area contributed by atoms with Gasteiger partial charge in [-0.05, 0) is 38.5 Å². The summed E-state index contributed by atoms with van der Waals surface area (Å²) in [6.07, 6.45) is 3.67. The first-order valence-electron chi connectivity index (χ1n) is 6.50. The molecule has 0 bridgehead atoms. The Morgan fingerprint density at radius 3 is 2.38 bits per heavy atom. The zero-order valence-electron chi connectivity index (χ0n) is 9.63. The van der Waals surface area contributed by atoms with Gasteiger partial charge in [0, 0.05) is 11.8 Å². The van der Waals surface area contributed by atoms with Crippen LogP contribution in [0.15, 0.2) is 0 Å². The van der Waals surface area contributed by atoms with Crippen LogP contribution in [0.25, 0.3) is 0 Å². The van der Waals surface area contributed by atoms with Crippen molar-refractivity contribution in [2.75, 3.05) is 0 Å². The average molecular weight is 230 g/mol. The molecule has 1 nitrogen and oxygen atoms in total. The third-order valence-corrected chi connectivity index (χ3v) is 4.06. The highest BCUT2D eigenvalue weighted by atomic mass is 19.1. The number of alkyl halides is 2. The van der Waals surface area contributed by atoms with Crippen LogP contribution in [0.2, 0.25) is 0 Å². The zero-order chi connectivity index (χ0) is 11.5. The van der Waals surface area contributed by atoms with Gasteiger partial charge < -0.3 is 0 Å². The third kappa shape index (κ3) is 2.61. The van der Waals surface area contributed by atoms with Gasteiger partial charge in [-0.15, -0.1) is 0 Å². The molecule has 0 N–H and O–H groups in total. The number of carbonyl (C=O) groups is 1. The first-order valence-corrected chi connectivity index (χ1v) is 6.50. The first kappa shape index (κ1) is 12.0. The Morgan fingerprint density at radius 2 is 1.69 bits per heavy atom. The van der Waals surface area contributed by atoms with Gasteiger partial charge in [0.05, 0.1) is 0 Å². The van der Waals surface area contributed by atoms with E-state index in [-0.39, 0.29) is 11.7 Å².